The first-order valence-corrected chi connectivity index (χ1v) is 14.8. The van der Waals surface area contributed by atoms with E-state index in [1.807, 2.05) is 49.3 Å². The number of rotatable bonds is 4. The van der Waals surface area contributed by atoms with Crippen molar-refractivity contribution in [3.05, 3.63) is 76.9 Å². The molecule has 0 N–H and O–H groups in total. The van der Waals surface area contributed by atoms with Crippen LogP contribution in [-0.4, -0.2) is 68.3 Å². The van der Waals surface area contributed by atoms with Gasteiger partial charge in [0.05, 0.1) is 6.61 Å². The Balaban J connectivity index is 0.00000329. The van der Waals surface area contributed by atoms with E-state index in [0.29, 0.717) is 17.4 Å². The van der Waals surface area contributed by atoms with Gasteiger partial charge < -0.3 is 24.0 Å². The number of hydrogen-bond acceptors (Lipinski definition) is 7. The number of carbonyl (C=O) groups excluding carboxylic acids is 1. The summed E-state index contributed by atoms with van der Waals surface area (Å²) in [5, 5.41) is 4.11. The molecule has 0 aliphatic carbocycles. The van der Waals surface area contributed by atoms with Gasteiger partial charge in [-0.05, 0) is 105 Å². The SMILES string of the molecule is Cc1cc(-c2noc(N(C)C)n2)ccc1-c1ccc(C(=O)N2CCCc3cc4c(cc32)C2(CCN(C)CC2)CO4)cc1.Cl. The van der Waals surface area contributed by atoms with Gasteiger partial charge in [0, 0.05) is 48.4 Å². The minimum Gasteiger partial charge on any atom is -0.492 e. The quantitative estimate of drug-likeness (QED) is 0.279. The number of likely N-dealkylation sites (tertiary alicyclic amines) is 1. The second kappa shape index (κ2) is 11.3. The molecule has 7 rings (SSSR count). The van der Waals surface area contributed by atoms with E-state index in [2.05, 4.69) is 53.3 Å². The number of aromatic nitrogens is 2. The fourth-order valence-corrected chi connectivity index (χ4v) is 6.70. The summed E-state index contributed by atoms with van der Waals surface area (Å²) in [6, 6.07) is 19.1. The number of hydrogen-bond donors (Lipinski definition) is 0. The standard InChI is InChI=1S/C34H37N5O3.ClH/c1-22-18-26(31-35-33(37(2)3)42-36-31)11-12-27(22)23-7-9-24(10-8-23)32(40)39-15-5-6-25-19-30-28(20-29(25)39)34(21-41-30)13-16-38(4)17-14-34;/h7-12,18-20H,5-6,13-17,21H2,1-4H3;1H. The lowest BCUT2D eigenvalue weighted by molar-refractivity contribution is 0.0985. The molecule has 4 aromatic rings. The lowest BCUT2D eigenvalue weighted by atomic mass is 9.74. The number of fused-ring (bicyclic) bond motifs is 3. The number of aryl methyl sites for hydroxylation is 2. The number of amides is 1. The van der Waals surface area contributed by atoms with Gasteiger partial charge in [0.2, 0.25) is 5.82 Å². The number of ether oxygens (including phenoxy) is 1. The van der Waals surface area contributed by atoms with Crippen molar-refractivity contribution in [2.45, 2.75) is 38.0 Å². The van der Waals surface area contributed by atoms with Crippen LogP contribution in [0.25, 0.3) is 22.5 Å². The third-order valence-corrected chi connectivity index (χ3v) is 9.29. The third kappa shape index (κ3) is 5.17. The van der Waals surface area contributed by atoms with Crippen LogP contribution in [0.5, 0.6) is 5.75 Å². The van der Waals surface area contributed by atoms with Crippen LogP contribution in [0.4, 0.5) is 11.7 Å². The van der Waals surface area contributed by atoms with Crippen LogP contribution in [0.3, 0.4) is 0 Å². The molecule has 8 nitrogen and oxygen atoms in total. The second-order valence-corrected chi connectivity index (χ2v) is 12.3. The number of halogens is 1. The van der Waals surface area contributed by atoms with Crippen LogP contribution < -0.4 is 14.5 Å². The van der Waals surface area contributed by atoms with Crippen LogP contribution in [0.15, 0.2) is 59.1 Å². The number of nitrogens with zero attached hydrogens (tertiary/aromatic N) is 5. The average Bonchev–Trinajstić information content (AvgIpc) is 3.63. The second-order valence-electron chi connectivity index (χ2n) is 12.3. The van der Waals surface area contributed by atoms with Crippen LogP contribution >= 0.6 is 12.4 Å². The number of anilines is 2. The van der Waals surface area contributed by atoms with Crippen molar-refractivity contribution >= 4 is 30.0 Å². The molecule has 1 fully saturated rings. The van der Waals surface area contributed by atoms with Gasteiger partial charge in [0.25, 0.3) is 5.91 Å². The molecule has 43 heavy (non-hydrogen) atoms. The predicted molar refractivity (Wildman–Crippen MR) is 172 cm³/mol. The highest BCUT2D eigenvalue weighted by atomic mass is 35.5. The van der Waals surface area contributed by atoms with Gasteiger partial charge in [-0.2, -0.15) is 4.98 Å². The zero-order chi connectivity index (χ0) is 29.0. The zero-order valence-corrected chi connectivity index (χ0v) is 26.0. The van der Waals surface area contributed by atoms with E-state index in [9.17, 15) is 4.79 Å². The molecule has 3 aromatic carbocycles. The highest BCUT2D eigenvalue weighted by Gasteiger charge is 2.43. The van der Waals surface area contributed by atoms with Gasteiger partial charge in [-0.25, -0.2) is 0 Å². The molecule has 1 saturated heterocycles. The molecule has 9 heteroatoms. The molecule has 1 amide bonds. The molecular weight excluding hydrogens is 562 g/mol. The first-order valence-electron chi connectivity index (χ1n) is 14.8. The molecule has 0 radical (unpaired) electrons. The Kier molecular flexibility index (Phi) is 7.69. The molecule has 1 spiro atoms. The summed E-state index contributed by atoms with van der Waals surface area (Å²) < 4.78 is 11.6. The summed E-state index contributed by atoms with van der Waals surface area (Å²) >= 11 is 0. The van der Waals surface area contributed by atoms with Gasteiger partial charge in [0.1, 0.15) is 5.75 Å². The monoisotopic (exact) mass is 599 g/mol. The summed E-state index contributed by atoms with van der Waals surface area (Å²) in [5.41, 5.74) is 8.52. The number of piperidine rings is 1. The van der Waals surface area contributed by atoms with Crippen LogP contribution in [0.2, 0.25) is 0 Å². The summed E-state index contributed by atoms with van der Waals surface area (Å²) in [6.07, 6.45) is 4.11. The highest BCUT2D eigenvalue weighted by molar-refractivity contribution is 6.07. The molecule has 3 aliphatic rings. The van der Waals surface area contributed by atoms with Gasteiger partial charge >= 0.3 is 6.01 Å². The van der Waals surface area contributed by atoms with Crippen molar-refractivity contribution in [2.24, 2.45) is 0 Å². The Labute approximate surface area is 259 Å². The van der Waals surface area contributed by atoms with Crippen LogP contribution in [-0.2, 0) is 11.8 Å². The summed E-state index contributed by atoms with van der Waals surface area (Å²) in [7, 11) is 5.93. The van der Waals surface area contributed by atoms with Gasteiger partial charge in [-0.15, -0.1) is 12.4 Å². The molecule has 0 bridgehead atoms. The topological polar surface area (TPSA) is 74.9 Å². The van der Waals surface area contributed by atoms with E-state index in [4.69, 9.17) is 9.26 Å². The van der Waals surface area contributed by atoms with Crippen molar-refractivity contribution < 1.29 is 14.1 Å². The lowest BCUT2D eigenvalue weighted by Gasteiger charge is -2.37. The molecule has 0 atom stereocenters. The first kappa shape index (κ1) is 29.2. The van der Waals surface area contributed by atoms with Crippen molar-refractivity contribution in [3.63, 3.8) is 0 Å². The number of carbonyl (C=O) groups is 1. The van der Waals surface area contributed by atoms with Crippen molar-refractivity contribution in [1.82, 2.24) is 15.0 Å². The van der Waals surface area contributed by atoms with E-state index in [-0.39, 0.29) is 23.7 Å². The predicted octanol–water partition coefficient (Wildman–Crippen LogP) is 6.15. The van der Waals surface area contributed by atoms with Crippen molar-refractivity contribution in [1.29, 1.82) is 0 Å². The maximum absolute atomic E-state index is 13.9. The largest absolute Gasteiger partial charge is 0.492 e. The molecule has 0 saturated carbocycles. The minimum atomic E-state index is 0. The van der Waals surface area contributed by atoms with Crippen molar-refractivity contribution in [2.75, 3.05) is 57.2 Å². The highest BCUT2D eigenvalue weighted by Crippen LogP contribution is 2.48. The van der Waals surface area contributed by atoms with Crippen molar-refractivity contribution in [3.8, 4) is 28.3 Å². The van der Waals surface area contributed by atoms with Gasteiger partial charge in [-0.1, -0.05) is 29.4 Å². The fourth-order valence-electron chi connectivity index (χ4n) is 6.70. The Morgan fingerprint density at radius 2 is 1.72 bits per heavy atom. The maximum Gasteiger partial charge on any atom is 0.323 e. The molecule has 1 aromatic heterocycles. The van der Waals surface area contributed by atoms with E-state index in [1.165, 1.54) is 11.1 Å². The van der Waals surface area contributed by atoms with E-state index in [0.717, 1.165) is 85.6 Å². The van der Waals surface area contributed by atoms with E-state index < -0.39 is 0 Å². The Hall–Kier alpha value is -3.88. The maximum atomic E-state index is 13.9. The Morgan fingerprint density at radius 1 is 0.977 bits per heavy atom. The number of benzene rings is 3. The Morgan fingerprint density at radius 3 is 2.42 bits per heavy atom. The molecular formula is C34H38ClN5O3. The average molecular weight is 600 g/mol. The van der Waals surface area contributed by atoms with E-state index in [1.54, 1.807) is 4.90 Å². The van der Waals surface area contributed by atoms with Crippen LogP contribution in [0.1, 0.15) is 46.3 Å². The molecule has 3 aliphatic heterocycles. The third-order valence-electron chi connectivity index (χ3n) is 9.29. The summed E-state index contributed by atoms with van der Waals surface area (Å²) in [4.78, 5) is 24.5. The smallest absolute Gasteiger partial charge is 0.323 e. The van der Waals surface area contributed by atoms with Gasteiger partial charge in [-0.3, -0.25) is 4.79 Å². The normalized spacial score (nSPS) is 17.2. The van der Waals surface area contributed by atoms with E-state index >= 15 is 0 Å². The fraction of sp³-hybridized carbons (Fsp3) is 0.382. The first-order chi connectivity index (χ1) is 20.3. The van der Waals surface area contributed by atoms with Crippen LogP contribution in [0, 0.1) is 6.92 Å². The minimum absolute atomic E-state index is 0. The summed E-state index contributed by atoms with van der Waals surface area (Å²) in [5.74, 6) is 1.64. The zero-order valence-electron chi connectivity index (χ0n) is 25.2. The molecule has 224 valence electrons. The summed E-state index contributed by atoms with van der Waals surface area (Å²) in [6.45, 7) is 5.71. The molecule has 0 unspecified atom stereocenters. The Bertz CT molecular complexity index is 1660. The molecule has 4 heterocycles. The van der Waals surface area contributed by atoms with Gasteiger partial charge in [0.15, 0.2) is 0 Å². The lowest BCUT2D eigenvalue weighted by Crippen LogP contribution is -2.42.